The Balaban J connectivity index is 1.73. The SMILES string of the molecule is O=C(NC1C(F)C(F)C(C2CCCC(OC(F)(F)F)C2)C(F)C1F)c1ccsc1C(=O)O. The quantitative estimate of drug-likeness (QED) is 0.590. The molecule has 1 amide bonds. The first-order valence-corrected chi connectivity index (χ1v) is 10.7. The fourth-order valence-corrected chi connectivity index (χ4v) is 5.29. The van der Waals surface area contributed by atoms with Gasteiger partial charge in [-0.25, -0.2) is 22.4 Å². The Labute approximate surface area is 181 Å². The number of thiophene rings is 1. The number of aromatic carboxylic acids is 1. The molecule has 6 unspecified atom stereocenters. The van der Waals surface area contributed by atoms with Crippen molar-refractivity contribution in [1.29, 1.82) is 0 Å². The van der Waals surface area contributed by atoms with Crippen LogP contribution >= 0.6 is 11.3 Å². The van der Waals surface area contributed by atoms with Gasteiger partial charge in [0.2, 0.25) is 0 Å². The molecule has 0 radical (unpaired) electrons. The lowest BCUT2D eigenvalue weighted by Crippen LogP contribution is -2.63. The predicted molar refractivity (Wildman–Crippen MR) is 98.5 cm³/mol. The monoisotopic (exact) mass is 491 g/mol. The maximum atomic E-state index is 14.9. The fourth-order valence-electron chi connectivity index (χ4n) is 4.56. The summed E-state index contributed by atoms with van der Waals surface area (Å²) in [5, 5.41) is 12.1. The lowest BCUT2D eigenvalue weighted by atomic mass is 9.68. The molecule has 5 nitrogen and oxygen atoms in total. The number of hydrogen-bond donors (Lipinski definition) is 2. The van der Waals surface area contributed by atoms with Crippen molar-refractivity contribution >= 4 is 23.2 Å². The summed E-state index contributed by atoms with van der Waals surface area (Å²) in [6.45, 7) is 0. The minimum absolute atomic E-state index is 0.0000237. The van der Waals surface area contributed by atoms with Crippen molar-refractivity contribution in [2.24, 2.45) is 11.8 Å². The molecule has 2 fully saturated rings. The number of alkyl halides is 7. The second-order valence-electron chi connectivity index (χ2n) is 7.94. The van der Waals surface area contributed by atoms with Crippen molar-refractivity contribution in [3.05, 3.63) is 21.9 Å². The smallest absolute Gasteiger partial charge is 0.477 e. The van der Waals surface area contributed by atoms with E-state index < -0.39 is 83.8 Å². The van der Waals surface area contributed by atoms with Gasteiger partial charge in [0.1, 0.15) is 17.2 Å². The molecule has 0 spiro atoms. The van der Waals surface area contributed by atoms with E-state index in [-0.39, 0.29) is 19.3 Å². The standard InChI is InChI=1S/C19H20F7NO4S/c20-11-10(7-2-1-3-8(6-7)31-19(24,25)26)12(21)14(23)15(13(11)22)27-17(28)9-4-5-32-16(9)18(29)30/h4-5,7-8,10-15H,1-3,6H2,(H,27,28)(H,29,30). The summed E-state index contributed by atoms with van der Waals surface area (Å²) in [6.07, 6.45) is -17.0. The van der Waals surface area contributed by atoms with Crippen LogP contribution in [0.15, 0.2) is 11.4 Å². The van der Waals surface area contributed by atoms with Crippen LogP contribution in [-0.4, -0.2) is 60.2 Å². The van der Waals surface area contributed by atoms with Gasteiger partial charge in [-0.1, -0.05) is 6.42 Å². The van der Waals surface area contributed by atoms with Crippen LogP contribution in [0.25, 0.3) is 0 Å². The molecule has 2 aliphatic carbocycles. The Morgan fingerprint density at radius 1 is 1.06 bits per heavy atom. The molecule has 2 aliphatic rings. The lowest BCUT2D eigenvalue weighted by molar-refractivity contribution is -0.347. The van der Waals surface area contributed by atoms with E-state index in [0.29, 0.717) is 11.3 Å². The number of rotatable bonds is 5. The highest BCUT2D eigenvalue weighted by molar-refractivity contribution is 7.12. The second-order valence-corrected chi connectivity index (χ2v) is 8.85. The van der Waals surface area contributed by atoms with Crippen molar-refractivity contribution in [3.63, 3.8) is 0 Å². The molecular formula is C19H20F7NO4S. The van der Waals surface area contributed by atoms with Crippen LogP contribution in [0, 0.1) is 11.8 Å². The minimum atomic E-state index is -4.94. The zero-order chi connectivity index (χ0) is 23.8. The third-order valence-corrected chi connectivity index (χ3v) is 6.85. The zero-order valence-corrected chi connectivity index (χ0v) is 17.1. The van der Waals surface area contributed by atoms with Gasteiger partial charge in [0.05, 0.1) is 17.7 Å². The third-order valence-electron chi connectivity index (χ3n) is 5.94. The zero-order valence-electron chi connectivity index (χ0n) is 16.3. The molecule has 32 heavy (non-hydrogen) atoms. The highest BCUT2D eigenvalue weighted by atomic mass is 32.1. The Morgan fingerprint density at radius 3 is 2.25 bits per heavy atom. The van der Waals surface area contributed by atoms with Crippen LogP contribution < -0.4 is 5.32 Å². The highest BCUT2D eigenvalue weighted by Gasteiger charge is 2.56. The summed E-state index contributed by atoms with van der Waals surface area (Å²) in [6, 6.07) is -1.13. The Hall–Kier alpha value is -1.89. The van der Waals surface area contributed by atoms with Crippen molar-refractivity contribution in [3.8, 4) is 0 Å². The number of carboxylic acids is 1. The molecule has 1 heterocycles. The van der Waals surface area contributed by atoms with Crippen LogP contribution in [0.2, 0.25) is 0 Å². The molecule has 180 valence electrons. The summed E-state index contributed by atoms with van der Waals surface area (Å²) in [4.78, 5) is 23.0. The van der Waals surface area contributed by atoms with Gasteiger partial charge in [0.15, 0.2) is 12.3 Å². The van der Waals surface area contributed by atoms with Gasteiger partial charge >= 0.3 is 12.3 Å². The molecule has 0 bridgehead atoms. The number of hydrogen-bond acceptors (Lipinski definition) is 4. The Morgan fingerprint density at radius 2 is 1.69 bits per heavy atom. The average molecular weight is 491 g/mol. The molecular weight excluding hydrogens is 471 g/mol. The minimum Gasteiger partial charge on any atom is -0.477 e. The van der Waals surface area contributed by atoms with Gasteiger partial charge in [-0.2, -0.15) is 0 Å². The molecule has 1 aromatic rings. The van der Waals surface area contributed by atoms with Gasteiger partial charge < -0.3 is 10.4 Å². The van der Waals surface area contributed by atoms with E-state index in [0.717, 1.165) is 6.07 Å². The number of carboxylic acid groups (broad SMARTS) is 1. The van der Waals surface area contributed by atoms with Gasteiger partial charge in [0, 0.05) is 5.92 Å². The number of carbonyl (C=O) groups is 2. The molecule has 0 aromatic carbocycles. The molecule has 1 aromatic heterocycles. The van der Waals surface area contributed by atoms with Crippen LogP contribution in [0.4, 0.5) is 30.7 Å². The van der Waals surface area contributed by atoms with Gasteiger partial charge in [-0.05, 0) is 36.6 Å². The van der Waals surface area contributed by atoms with E-state index in [4.69, 9.17) is 5.11 Å². The Kier molecular flexibility index (Phi) is 7.38. The number of nitrogens with one attached hydrogen (secondary N) is 1. The summed E-state index contributed by atoms with van der Waals surface area (Å²) >= 11 is 0.686. The maximum Gasteiger partial charge on any atom is 0.522 e. The van der Waals surface area contributed by atoms with Crippen LogP contribution in [0.5, 0.6) is 0 Å². The topological polar surface area (TPSA) is 75.6 Å². The van der Waals surface area contributed by atoms with Gasteiger partial charge in [0.25, 0.3) is 5.91 Å². The van der Waals surface area contributed by atoms with E-state index in [9.17, 15) is 40.3 Å². The average Bonchev–Trinajstić information content (AvgIpc) is 3.19. The summed E-state index contributed by atoms with van der Waals surface area (Å²) in [5.41, 5.74) is -0.408. The summed E-state index contributed by atoms with van der Waals surface area (Å²) in [5.74, 6) is -5.58. The second kappa shape index (κ2) is 9.54. The largest absolute Gasteiger partial charge is 0.522 e. The van der Waals surface area contributed by atoms with Crippen LogP contribution in [-0.2, 0) is 4.74 Å². The number of ether oxygens (including phenoxy) is 1. The molecule has 0 saturated heterocycles. The van der Waals surface area contributed by atoms with E-state index in [2.05, 4.69) is 4.74 Å². The van der Waals surface area contributed by atoms with E-state index in [1.807, 2.05) is 5.32 Å². The molecule has 2 saturated carbocycles. The normalized spacial score (nSPS) is 36.0. The van der Waals surface area contributed by atoms with Gasteiger partial charge in [-0.15, -0.1) is 24.5 Å². The first kappa shape index (κ1) is 24.7. The first-order valence-electron chi connectivity index (χ1n) is 9.83. The molecule has 13 heteroatoms. The highest BCUT2D eigenvalue weighted by Crippen LogP contribution is 2.44. The molecule has 2 N–H and O–H groups in total. The van der Waals surface area contributed by atoms with E-state index in [1.54, 1.807) is 0 Å². The first-order chi connectivity index (χ1) is 14.9. The Bertz CT molecular complexity index is 819. The predicted octanol–water partition coefficient (Wildman–Crippen LogP) is 4.62. The van der Waals surface area contributed by atoms with Gasteiger partial charge in [-0.3, -0.25) is 9.53 Å². The number of amides is 1. The summed E-state index contributed by atoms with van der Waals surface area (Å²) in [7, 11) is 0. The summed E-state index contributed by atoms with van der Waals surface area (Å²) < 4.78 is 101. The maximum absolute atomic E-state index is 14.9. The van der Waals surface area contributed by atoms with E-state index in [1.165, 1.54) is 5.38 Å². The van der Waals surface area contributed by atoms with Crippen molar-refractivity contribution in [2.45, 2.75) is 68.9 Å². The molecule has 6 atom stereocenters. The van der Waals surface area contributed by atoms with Crippen LogP contribution in [0.1, 0.15) is 45.7 Å². The lowest BCUT2D eigenvalue weighted by Gasteiger charge is -2.45. The van der Waals surface area contributed by atoms with Crippen LogP contribution in [0.3, 0.4) is 0 Å². The van der Waals surface area contributed by atoms with Crippen molar-refractivity contribution in [1.82, 2.24) is 5.32 Å². The fraction of sp³-hybridized carbons (Fsp3) is 0.684. The molecule has 3 rings (SSSR count). The number of carbonyl (C=O) groups excluding carboxylic acids is 1. The third kappa shape index (κ3) is 5.19. The van der Waals surface area contributed by atoms with E-state index >= 15 is 0 Å². The van der Waals surface area contributed by atoms with Crippen molar-refractivity contribution < 1.29 is 50.2 Å². The molecule has 0 aliphatic heterocycles. The number of halogens is 7. The van der Waals surface area contributed by atoms with Crippen molar-refractivity contribution in [2.75, 3.05) is 0 Å².